The Morgan fingerprint density at radius 2 is 1.79 bits per heavy atom. The lowest BCUT2D eigenvalue weighted by Gasteiger charge is -2.24. The predicted octanol–water partition coefficient (Wildman–Crippen LogP) is 1.83. The molecule has 0 aliphatic rings. The van der Waals surface area contributed by atoms with Crippen LogP contribution in [0.15, 0.2) is 18.3 Å². The monoisotopic (exact) mass is 263 g/mol. The lowest BCUT2D eigenvalue weighted by molar-refractivity contribution is 0.141. The first-order chi connectivity index (χ1) is 9.31. The molecule has 0 radical (unpaired) electrons. The van der Waals surface area contributed by atoms with E-state index in [0.29, 0.717) is 32.1 Å². The van der Waals surface area contributed by atoms with Crippen molar-refractivity contribution >= 4 is 5.69 Å². The molecule has 0 aromatic carbocycles. The number of hydrogen-bond donors (Lipinski definition) is 0. The number of nitriles is 1. The second kappa shape index (κ2) is 9.31. The van der Waals surface area contributed by atoms with Crippen molar-refractivity contribution in [2.24, 2.45) is 0 Å². The van der Waals surface area contributed by atoms with Crippen molar-refractivity contribution < 1.29 is 9.47 Å². The fourth-order valence-electron chi connectivity index (χ4n) is 1.65. The minimum absolute atomic E-state index is 0.429. The van der Waals surface area contributed by atoms with E-state index < -0.39 is 0 Å². The van der Waals surface area contributed by atoms with Gasteiger partial charge in [-0.25, -0.2) is 4.98 Å². The van der Waals surface area contributed by atoms with Gasteiger partial charge in [-0.2, -0.15) is 5.26 Å². The van der Waals surface area contributed by atoms with Gasteiger partial charge in [0.05, 0.1) is 25.1 Å². The molecule has 0 aliphatic carbocycles. The van der Waals surface area contributed by atoms with Crippen LogP contribution in [0.1, 0.15) is 19.5 Å². The van der Waals surface area contributed by atoms with Gasteiger partial charge in [0.2, 0.25) is 0 Å². The largest absolute Gasteiger partial charge is 0.380 e. The van der Waals surface area contributed by atoms with E-state index in [1.54, 1.807) is 12.3 Å². The van der Waals surface area contributed by atoms with Crippen LogP contribution in [0, 0.1) is 11.3 Å². The van der Waals surface area contributed by atoms with Crippen LogP contribution in [0.25, 0.3) is 0 Å². The van der Waals surface area contributed by atoms with Crippen molar-refractivity contribution in [2.75, 3.05) is 44.4 Å². The molecule has 0 aliphatic heterocycles. The molecule has 0 N–H and O–H groups in total. The summed E-state index contributed by atoms with van der Waals surface area (Å²) in [5.74, 6) is 0. The van der Waals surface area contributed by atoms with Gasteiger partial charge in [0.1, 0.15) is 11.8 Å². The highest BCUT2D eigenvalue weighted by Crippen LogP contribution is 2.12. The standard InChI is InChI=1S/C14H21N3O2/c1-3-18-9-7-17(8-10-19-4-2)14-6-5-13(11-15)16-12-14/h5-6,12H,3-4,7-10H2,1-2H3. The van der Waals surface area contributed by atoms with Crippen LogP contribution in [0.5, 0.6) is 0 Å². The van der Waals surface area contributed by atoms with Crippen molar-refractivity contribution in [1.82, 2.24) is 4.98 Å². The molecule has 0 saturated carbocycles. The number of ether oxygens (including phenoxy) is 2. The van der Waals surface area contributed by atoms with Gasteiger partial charge < -0.3 is 14.4 Å². The average Bonchev–Trinajstić information content (AvgIpc) is 2.46. The molecule has 1 aromatic rings. The van der Waals surface area contributed by atoms with E-state index in [-0.39, 0.29) is 0 Å². The lowest BCUT2D eigenvalue weighted by atomic mass is 10.3. The Morgan fingerprint density at radius 3 is 2.21 bits per heavy atom. The van der Waals surface area contributed by atoms with Crippen molar-refractivity contribution in [3.05, 3.63) is 24.0 Å². The van der Waals surface area contributed by atoms with E-state index in [9.17, 15) is 0 Å². The molecule has 1 rings (SSSR count). The molecule has 104 valence electrons. The number of nitrogens with zero attached hydrogens (tertiary/aromatic N) is 3. The maximum atomic E-state index is 8.75. The molecule has 0 bridgehead atoms. The Kier molecular flexibility index (Phi) is 7.56. The van der Waals surface area contributed by atoms with Crippen LogP contribution in [0.2, 0.25) is 0 Å². The molecule has 19 heavy (non-hydrogen) atoms. The van der Waals surface area contributed by atoms with E-state index in [1.807, 2.05) is 26.0 Å². The summed E-state index contributed by atoms with van der Waals surface area (Å²) in [5, 5.41) is 8.75. The highest BCUT2D eigenvalue weighted by Gasteiger charge is 2.07. The van der Waals surface area contributed by atoms with Gasteiger partial charge in [-0.3, -0.25) is 0 Å². The fraction of sp³-hybridized carbons (Fsp3) is 0.571. The van der Waals surface area contributed by atoms with Crippen molar-refractivity contribution in [2.45, 2.75) is 13.8 Å². The molecular weight excluding hydrogens is 242 g/mol. The van der Waals surface area contributed by atoms with E-state index >= 15 is 0 Å². The topological polar surface area (TPSA) is 58.4 Å². The van der Waals surface area contributed by atoms with Gasteiger partial charge in [-0.05, 0) is 26.0 Å². The van der Waals surface area contributed by atoms with Gasteiger partial charge in [0.25, 0.3) is 0 Å². The summed E-state index contributed by atoms with van der Waals surface area (Å²) >= 11 is 0. The van der Waals surface area contributed by atoms with Crippen LogP contribution in [0.3, 0.4) is 0 Å². The number of pyridine rings is 1. The molecule has 1 heterocycles. The van der Waals surface area contributed by atoms with E-state index in [0.717, 1.165) is 18.8 Å². The van der Waals surface area contributed by atoms with E-state index in [1.165, 1.54) is 0 Å². The zero-order valence-electron chi connectivity index (χ0n) is 11.6. The first kappa shape index (κ1) is 15.4. The Labute approximate surface area is 114 Å². The lowest BCUT2D eigenvalue weighted by Crippen LogP contribution is -2.31. The smallest absolute Gasteiger partial charge is 0.140 e. The normalized spacial score (nSPS) is 10.2. The summed E-state index contributed by atoms with van der Waals surface area (Å²) in [6.45, 7) is 8.30. The number of aromatic nitrogens is 1. The summed E-state index contributed by atoms with van der Waals surface area (Å²) in [6.07, 6.45) is 1.72. The summed E-state index contributed by atoms with van der Waals surface area (Å²) in [5.41, 5.74) is 1.41. The molecule has 0 spiro atoms. The Morgan fingerprint density at radius 1 is 1.16 bits per heavy atom. The molecule has 0 saturated heterocycles. The maximum Gasteiger partial charge on any atom is 0.140 e. The highest BCUT2D eigenvalue weighted by atomic mass is 16.5. The number of hydrogen-bond acceptors (Lipinski definition) is 5. The minimum Gasteiger partial charge on any atom is -0.380 e. The molecule has 5 heteroatoms. The van der Waals surface area contributed by atoms with Crippen molar-refractivity contribution in [3.8, 4) is 6.07 Å². The third-order valence-corrected chi connectivity index (χ3v) is 2.65. The fourth-order valence-corrected chi connectivity index (χ4v) is 1.65. The summed E-state index contributed by atoms with van der Waals surface area (Å²) in [7, 11) is 0. The average molecular weight is 263 g/mol. The first-order valence-corrected chi connectivity index (χ1v) is 6.58. The molecule has 5 nitrogen and oxygen atoms in total. The highest BCUT2D eigenvalue weighted by molar-refractivity contribution is 5.45. The quantitative estimate of drug-likeness (QED) is 0.636. The Bertz CT molecular complexity index is 377. The summed E-state index contributed by atoms with van der Waals surface area (Å²) in [4.78, 5) is 6.24. The van der Waals surface area contributed by atoms with Gasteiger partial charge in [0, 0.05) is 26.3 Å². The van der Waals surface area contributed by atoms with Crippen LogP contribution in [-0.4, -0.2) is 44.5 Å². The molecule has 0 amide bonds. The Balaban J connectivity index is 2.61. The second-order valence-electron chi connectivity index (χ2n) is 3.89. The SMILES string of the molecule is CCOCCN(CCOCC)c1ccc(C#N)nc1. The number of rotatable bonds is 9. The zero-order valence-corrected chi connectivity index (χ0v) is 11.6. The van der Waals surface area contributed by atoms with E-state index in [4.69, 9.17) is 14.7 Å². The molecule has 1 aromatic heterocycles. The Hall–Kier alpha value is -1.64. The van der Waals surface area contributed by atoms with Crippen LogP contribution in [-0.2, 0) is 9.47 Å². The van der Waals surface area contributed by atoms with E-state index in [2.05, 4.69) is 9.88 Å². The third-order valence-electron chi connectivity index (χ3n) is 2.65. The predicted molar refractivity (Wildman–Crippen MR) is 74.2 cm³/mol. The van der Waals surface area contributed by atoms with Gasteiger partial charge in [0.15, 0.2) is 0 Å². The minimum atomic E-state index is 0.429. The van der Waals surface area contributed by atoms with Crippen LogP contribution in [0.4, 0.5) is 5.69 Å². The van der Waals surface area contributed by atoms with Crippen LogP contribution < -0.4 is 4.90 Å². The molecule has 0 fully saturated rings. The number of anilines is 1. The summed E-state index contributed by atoms with van der Waals surface area (Å²) < 4.78 is 10.8. The van der Waals surface area contributed by atoms with Crippen molar-refractivity contribution in [1.29, 1.82) is 5.26 Å². The maximum absolute atomic E-state index is 8.75. The molecule has 0 unspecified atom stereocenters. The van der Waals surface area contributed by atoms with Crippen LogP contribution >= 0.6 is 0 Å². The second-order valence-corrected chi connectivity index (χ2v) is 3.89. The summed E-state index contributed by atoms with van der Waals surface area (Å²) in [6, 6.07) is 5.65. The van der Waals surface area contributed by atoms with Crippen molar-refractivity contribution in [3.63, 3.8) is 0 Å². The zero-order chi connectivity index (χ0) is 13.9. The third kappa shape index (κ3) is 5.69. The van der Waals surface area contributed by atoms with Gasteiger partial charge in [-0.15, -0.1) is 0 Å². The molecular formula is C14H21N3O2. The van der Waals surface area contributed by atoms with Gasteiger partial charge in [-0.1, -0.05) is 0 Å². The first-order valence-electron chi connectivity index (χ1n) is 6.58. The van der Waals surface area contributed by atoms with Gasteiger partial charge >= 0.3 is 0 Å². The molecule has 0 atom stereocenters.